The lowest BCUT2D eigenvalue weighted by molar-refractivity contribution is -0.143. The highest BCUT2D eigenvalue weighted by Crippen LogP contribution is 2.61. The summed E-state index contributed by atoms with van der Waals surface area (Å²) in [5.74, 6) is -2.15. The van der Waals surface area contributed by atoms with E-state index in [1.165, 1.54) is 128 Å². The van der Waals surface area contributed by atoms with Crippen LogP contribution in [0.2, 0.25) is 0 Å². The average molecular weight is 602 g/mol. The summed E-state index contributed by atoms with van der Waals surface area (Å²) in [5.41, 5.74) is 0. The van der Waals surface area contributed by atoms with Crippen LogP contribution in [0.3, 0.4) is 0 Å². The fraction of sp³-hybridized carbons (Fsp3) is 0.944. The highest BCUT2D eigenvalue weighted by atomic mass is 31.2. The summed E-state index contributed by atoms with van der Waals surface area (Å²) in [6.45, 7) is 9.41. The van der Waals surface area contributed by atoms with E-state index in [1.54, 1.807) is 50.3 Å². The summed E-state index contributed by atoms with van der Waals surface area (Å²) >= 11 is 0. The number of aliphatic carboxylic acids is 2. The molecule has 0 atom stereocenters. The third kappa shape index (κ3) is 33.7. The molecule has 0 saturated carbocycles. The van der Waals surface area contributed by atoms with Crippen molar-refractivity contribution in [3.63, 3.8) is 0 Å². The van der Waals surface area contributed by atoms with Crippen molar-refractivity contribution in [2.75, 3.05) is 24.6 Å². The fourth-order valence-electron chi connectivity index (χ4n) is 5.79. The van der Waals surface area contributed by atoms with Crippen molar-refractivity contribution in [2.45, 2.75) is 195 Å². The number of hydrogen-bond donors (Lipinski definition) is 2. The molecular formula is C36H74O4P+. The summed E-state index contributed by atoms with van der Waals surface area (Å²) in [7, 11) is -0.697. The molecule has 2 N–H and O–H groups in total. The number of carbonyl (C=O) groups is 2. The maximum absolute atomic E-state index is 9.64. The van der Waals surface area contributed by atoms with Gasteiger partial charge in [-0.05, 0) is 51.4 Å². The molecule has 41 heavy (non-hydrogen) atoms. The lowest BCUT2D eigenvalue weighted by Crippen LogP contribution is -2.13. The molecule has 0 aliphatic rings. The summed E-state index contributed by atoms with van der Waals surface area (Å²) in [6, 6.07) is 0. The molecule has 0 rings (SSSR count). The second kappa shape index (κ2) is 33.9. The Hall–Kier alpha value is -0.630. The first kappa shape index (κ1) is 42.5. The maximum Gasteiger partial charge on any atom is 0.303 e. The Kier molecular flexibility index (Phi) is 35.1. The highest BCUT2D eigenvalue weighted by Gasteiger charge is 2.34. The van der Waals surface area contributed by atoms with Gasteiger partial charge in [0.2, 0.25) is 0 Å². The van der Waals surface area contributed by atoms with Crippen LogP contribution in [0.4, 0.5) is 0 Å². The van der Waals surface area contributed by atoms with Crippen molar-refractivity contribution in [1.82, 2.24) is 0 Å². The van der Waals surface area contributed by atoms with Gasteiger partial charge < -0.3 is 10.2 Å². The van der Waals surface area contributed by atoms with Crippen LogP contribution in [0.25, 0.3) is 0 Å². The zero-order valence-electron chi connectivity index (χ0n) is 28.4. The summed E-state index contributed by atoms with van der Waals surface area (Å²) in [4.78, 5) is 19.3. The van der Waals surface area contributed by atoms with Crippen molar-refractivity contribution >= 4 is 19.2 Å². The van der Waals surface area contributed by atoms with E-state index in [-0.39, 0.29) is 12.8 Å². The van der Waals surface area contributed by atoms with E-state index < -0.39 is 19.2 Å². The smallest absolute Gasteiger partial charge is 0.303 e. The number of rotatable bonds is 31. The molecule has 0 unspecified atom stereocenters. The molecule has 0 aliphatic carbocycles. The van der Waals surface area contributed by atoms with Crippen molar-refractivity contribution in [2.24, 2.45) is 0 Å². The summed E-state index contributed by atoms with van der Waals surface area (Å²) < 4.78 is 0. The van der Waals surface area contributed by atoms with E-state index in [1.807, 2.05) is 0 Å². The molecule has 0 aromatic carbocycles. The second-order valence-electron chi connectivity index (χ2n) is 12.6. The monoisotopic (exact) mass is 602 g/mol. The first-order chi connectivity index (χ1) is 19.9. The van der Waals surface area contributed by atoms with Gasteiger partial charge in [-0.25, -0.2) is 0 Å². The second-order valence-corrected chi connectivity index (χ2v) is 17.1. The van der Waals surface area contributed by atoms with Gasteiger partial charge in [0, 0.05) is 7.26 Å². The molecule has 5 heteroatoms. The average Bonchev–Trinajstić information content (AvgIpc) is 2.95. The molecule has 0 aromatic rings. The molecule has 0 radical (unpaired) electrons. The quantitative estimate of drug-likeness (QED) is 0.0612. The van der Waals surface area contributed by atoms with Crippen LogP contribution in [-0.4, -0.2) is 46.8 Å². The highest BCUT2D eigenvalue weighted by molar-refractivity contribution is 7.75. The van der Waals surface area contributed by atoms with E-state index in [9.17, 15) is 9.59 Å². The van der Waals surface area contributed by atoms with E-state index >= 15 is 0 Å². The van der Waals surface area contributed by atoms with Crippen LogP contribution >= 0.6 is 7.26 Å². The number of unbranched alkanes of at least 4 members (excludes halogenated alkanes) is 20. The maximum atomic E-state index is 9.64. The Morgan fingerprint density at radius 3 is 0.780 bits per heavy atom. The van der Waals surface area contributed by atoms with Crippen molar-refractivity contribution < 1.29 is 19.8 Å². The summed E-state index contributed by atoms with van der Waals surface area (Å²) in [5, 5.41) is 15.8. The van der Waals surface area contributed by atoms with Gasteiger partial charge in [-0.1, -0.05) is 130 Å². The molecule has 0 heterocycles. The van der Waals surface area contributed by atoms with Crippen LogP contribution in [0.15, 0.2) is 0 Å². The SMILES string of the molecule is CCCCCCCCCCCCCC[P+](CCCCCC)(CCCCCC)CCCCCC.O=C(O)CCC(=O)O. The first-order valence-corrected chi connectivity index (χ1v) is 20.7. The molecule has 4 nitrogen and oxygen atoms in total. The van der Waals surface area contributed by atoms with E-state index in [2.05, 4.69) is 27.7 Å². The topological polar surface area (TPSA) is 74.6 Å². The number of hydrogen-bond acceptors (Lipinski definition) is 2. The van der Waals surface area contributed by atoms with Crippen LogP contribution in [0, 0.1) is 0 Å². The molecule has 0 saturated heterocycles. The van der Waals surface area contributed by atoms with Crippen LogP contribution in [-0.2, 0) is 9.59 Å². The third-order valence-electron chi connectivity index (χ3n) is 8.50. The predicted molar refractivity (Wildman–Crippen MR) is 184 cm³/mol. The molecule has 0 fully saturated rings. The lowest BCUT2D eigenvalue weighted by Gasteiger charge is -2.28. The third-order valence-corrected chi connectivity index (χ3v) is 13.6. The minimum Gasteiger partial charge on any atom is -0.481 e. The predicted octanol–water partition coefficient (Wildman–Crippen LogP) is 12.4. The Bertz CT molecular complexity index is 506. The molecule has 0 spiro atoms. The van der Waals surface area contributed by atoms with Gasteiger partial charge in [-0.2, -0.15) is 0 Å². The van der Waals surface area contributed by atoms with Gasteiger partial charge in [-0.3, -0.25) is 9.59 Å². The van der Waals surface area contributed by atoms with E-state index in [0.29, 0.717) is 0 Å². The zero-order valence-corrected chi connectivity index (χ0v) is 29.3. The zero-order chi connectivity index (χ0) is 30.9. The van der Waals surface area contributed by atoms with Gasteiger partial charge in [0.15, 0.2) is 0 Å². The van der Waals surface area contributed by atoms with Crippen LogP contribution in [0.1, 0.15) is 195 Å². The van der Waals surface area contributed by atoms with E-state index in [0.717, 1.165) is 0 Å². The minimum absolute atomic E-state index is 0.296. The standard InChI is InChI=1S/C32H68P.C4H6O4/c1-5-9-13-17-18-19-20-21-22-23-24-28-32-33(29-25-14-10-6-2,30-26-15-11-7-3)31-27-16-12-8-4;5-3(6)1-2-4(7)8/h5-32H2,1-4H3;1-2H2,(H,5,6)(H,7,8)/q+1;. The molecule has 246 valence electrons. The Labute approximate surface area is 258 Å². The van der Waals surface area contributed by atoms with Crippen LogP contribution < -0.4 is 0 Å². The van der Waals surface area contributed by atoms with E-state index in [4.69, 9.17) is 10.2 Å². The fourth-order valence-corrected chi connectivity index (χ4v) is 10.7. The first-order valence-electron chi connectivity index (χ1n) is 18.2. The molecule has 0 aromatic heterocycles. The van der Waals surface area contributed by atoms with Gasteiger partial charge >= 0.3 is 11.9 Å². The van der Waals surface area contributed by atoms with Crippen molar-refractivity contribution in [3.05, 3.63) is 0 Å². The number of carboxylic acid groups (broad SMARTS) is 2. The molecule has 0 bridgehead atoms. The van der Waals surface area contributed by atoms with Gasteiger partial charge in [0.1, 0.15) is 0 Å². The number of carboxylic acids is 2. The van der Waals surface area contributed by atoms with Crippen molar-refractivity contribution in [3.8, 4) is 0 Å². The molecule has 0 aliphatic heterocycles. The lowest BCUT2D eigenvalue weighted by atomic mass is 10.1. The molecule has 0 amide bonds. The Balaban J connectivity index is 0. The Morgan fingerprint density at radius 2 is 0.561 bits per heavy atom. The minimum atomic E-state index is -1.08. The largest absolute Gasteiger partial charge is 0.481 e. The normalized spacial score (nSPS) is 11.3. The van der Waals surface area contributed by atoms with Crippen LogP contribution in [0.5, 0.6) is 0 Å². The summed E-state index contributed by atoms with van der Waals surface area (Å²) in [6.07, 6.45) is 41.5. The van der Waals surface area contributed by atoms with Gasteiger partial charge in [0.05, 0.1) is 37.5 Å². The van der Waals surface area contributed by atoms with Gasteiger partial charge in [-0.15, -0.1) is 0 Å². The Morgan fingerprint density at radius 1 is 0.366 bits per heavy atom. The van der Waals surface area contributed by atoms with Crippen molar-refractivity contribution in [1.29, 1.82) is 0 Å². The molecular weight excluding hydrogens is 527 g/mol. The van der Waals surface area contributed by atoms with Gasteiger partial charge in [0.25, 0.3) is 0 Å².